The lowest BCUT2D eigenvalue weighted by molar-refractivity contribution is -0.150. The molecule has 1 aromatic heterocycles. The Morgan fingerprint density at radius 2 is 2.07 bits per heavy atom. The number of rotatable bonds is 5. The Bertz CT molecular complexity index is 869. The number of likely N-dealkylation sites (N-methyl/N-ethyl adjacent to an activating group) is 1. The molecule has 4 atom stereocenters. The molecule has 28 heavy (non-hydrogen) atoms. The van der Waals surface area contributed by atoms with E-state index in [1.807, 2.05) is 13.8 Å². The Hall–Kier alpha value is -1.81. The van der Waals surface area contributed by atoms with Crippen LogP contribution in [0.3, 0.4) is 0 Å². The first-order chi connectivity index (χ1) is 13.4. The van der Waals surface area contributed by atoms with Crippen molar-refractivity contribution in [2.24, 2.45) is 11.8 Å². The van der Waals surface area contributed by atoms with Crippen molar-refractivity contribution in [3.8, 4) is 0 Å². The quantitative estimate of drug-likeness (QED) is 0.699. The fourth-order valence-corrected chi connectivity index (χ4v) is 5.24. The van der Waals surface area contributed by atoms with Crippen LogP contribution in [0.4, 0.5) is 0 Å². The van der Waals surface area contributed by atoms with E-state index < -0.39 is 0 Å². The van der Waals surface area contributed by atoms with Crippen molar-refractivity contribution in [1.29, 1.82) is 0 Å². The van der Waals surface area contributed by atoms with Gasteiger partial charge in [0, 0.05) is 47.6 Å². The van der Waals surface area contributed by atoms with Crippen molar-refractivity contribution in [1.82, 2.24) is 9.47 Å². The van der Waals surface area contributed by atoms with Gasteiger partial charge in [-0.25, -0.2) is 0 Å². The first-order valence-electron chi connectivity index (χ1n) is 10.9. The van der Waals surface area contributed by atoms with Crippen LogP contribution in [-0.2, 0) is 16.0 Å². The fourth-order valence-electron chi connectivity index (χ4n) is 5.24. The maximum atomic E-state index is 12.1. The van der Waals surface area contributed by atoms with Crippen molar-refractivity contribution < 1.29 is 9.53 Å². The zero-order valence-corrected chi connectivity index (χ0v) is 17.9. The third kappa shape index (κ3) is 3.26. The number of hydrogen-bond acceptors (Lipinski definition) is 3. The zero-order valence-electron chi connectivity index (χ0n) is 17.9. The highest BCUT2D eigenvalue weighted by Gasteiger charge is 2.40. The number of carbonyl (C=O) groups is 1. The van der Waals surface area contributed by atoms with Crippen LogP contribution in [0.2, 0.25) is 0 Å². The average Bonchev–Trinajstić information content (AvgIpc) is 3.06. The summed E-state index contributed by atoms with van der Waals surface area (Å²) in [7, 11) is 2.24. The van der Waals surface area contributed by atoms with E-state index in [4.69, 9.17) is 4.74 Å². The minimum absolute atomic E-state index is 0.00384. The van der Waals surface area contributed by atoms with E-state index in [1.54, 1.807) is 0 Å². The zero-order chi connectivity index (χ0) is 20.0. The molecule has 4 heteroatoms. The lowest BCUT2D eigenvalue weighted by Crippen LogP contribution is -2.48. The van der Waals surface area contributed by atoms with Gasteiger partial charge in [-0.3, -0.25) is 4.79 Å². The number of nitrogens with zero attached hydrogens (tertiary/aromatic N) is 2. The Morgan fingerprint density at radius 1 is 1.29 bits per heavy atom. The highest BCUT2D eigenvalue weighted by molar-refractivity contribution is 5.89. The summed E-state index contributed by atoms with van der Waals surface area (Å²) < 4.78 is 8.10. The van der Waals surface area contributed by atoms with Crippen LogP contribution in [0.5, 0.6) is 0 Å². The summed E-state index contributed by atoms with van der Waals surface area (Å²) in [6, 6.07) is 7.82. The molecule has 0 bridgehead atoms. The molecule has 152 valence electrons. The van der Waals surface area contributed by atoms with Gasteiger partial charge in [0.1, 0.15) is 0 Å². The van der Waals surface area contributed by atoms with Gasteiger partial charge in [-0.15, -0.1) is 0 Å². The van der Waals surface area contributed by atoms with Gasteiger partial charge in [-0.2, -0.15) is 0 Å². The average molecular weight is 383 g/mol. The number of fused-ring (bicyclic) bond motifs is 2. The van der Waals surface area contributed by atoms with Crippen molar-refractivity contribution >= 4 is 16.9 Å². The normalized spacial score (nSPS) is 25.7. The molecule has 1 fully saturated rings. The number of esters is 1. The van der Waals surface area contributed by atoms with E-state index in [2.05, 4.69) is 54.8 Å². The lowest BCUT2D eigenvalue weighted by Gasteiger charge is -2.45. The first-order valence-corrected chi connectivity index (χ1v) is 10.9. The molecular formula is C24H34N2O2. The molecular weight excluding hydrogens is 348 g/mol. The highest BCUT2D eigenvalue weighted by atomic mass is 16.5. The molecule has 1 aliphatic carbocycles. The number of hydrogen-bond donors (Lipinski definition) is 0. The highest BCUT2D eigenvalue weighted by Crippen LogP contribution is 2.45. The number of ether oxygens (including phenoxy) is 1. The van der Waals surface area contributed by atoms with Crippen LogP contribution < -0.4 is 0 Å². The molecule has 1 saturated heterocycles. The summed E-state index contributed by atoms with van der Waals surface area (Å²) in [5, 5.41) is 1.48. The number of carbonyl (C=O) groups excluding carboxylic acids is 1. The van der Waals surface area contributed by atoms with E-state index in [-0.39, 0.29) is 11.9 Å². The van der Waals surface area contributed by atoms with Crippen LogP contribution in [0.1, 0.15) is 63.6 Å². The molecule has 0 spiro atoms. The third-order valence-corrected chi connectivity index (χ3v) is 6.99. The van der Waals surface area contributed by atoms with Crippen LogP contribution in [0.25, 0.3) is 10.9 Å². The Balaban J connectivity index is 1.60. The Kier molecular flexibility index (Phi) is 5.26. The van der Waals surface area contributed by atoms with Gasteiger partial charge < -0.3 is 14.2 Å². The third-order valence-electron chi connectivity index (χ3n) is 6.99. The SMILES string of the molecule is CC[C@@H](C)C(=O)OC[C@@H]1C[C@@H]2c3cccc4c3c(cn4C(C)C)C[C@H]2N(C)C1. The summed E-state index contributed by atoms with van der Waals surface area (Å²) in [6.45, 7) is 10.1. The second-order valence-corrected chi connectivity index (χ2v) is 9.26. The molecule has 1 aliphatic heterocycles. The molecule has 2 aromatic rings. The molecule has 0 saturated carbocycles. The maximum absolute atomic E-state index is 12.1. The molecule has 2 heterocycles. The monoisotopic (exact) mass is 382 g/mol. The van der Waals surface area contributed by atoms with Gasteiger partial charge in [0.2, 0.25) is 0 Å². The van der Waals surface area contributed by atoms with E-state index in [0.717, 1.165) is 25.8 Å². The number of piperidine rings is 1. The van der Waals surface area contributed by atoms with Gasteiger partial charge in [0.15, 0.2) is 0 Å². The fraction of sp³-hybridized carbons (Fsp3) is 0.625. The minimum atomic E-state index is -0.0469. The van der Waals surface area contributed by atoms with Crippen molar-refractivity contribution in [2.75, 3.05) is 20.2 Å². The van der Waals surface area contributed by atoms with Crippen LogP contribution in [0.15, 0.2) is 24.4 Å². The van der Waals surface area contributed by atoms with E-state index in [0.29, 0.717) is 30.5 Å². The van der Waals surface area contributed by atoms with Crippen LogP contribution in [-0.4, -0.2) is 41.7 Å². The topological polar surface area (TPSA) is 34.5 Å². The number of benzene rings is 1. The minimum Gasteiger partial charge on any atom is -0.465 e. The predicted molar refractivity (Wildman–Crippen MR) is 114 cm³/mol. The van der Waals surface area contributed by atoms with Crippen molar-refractivity contribution in [3.63, 3.8) is 0 Å². The standard InChI is InChI=1S/C24H34N2O2/c1-6-16(4)24(27)28-14-17-10-20-19-8-7-9-21-23(19)18(13-26(21)15(2)3)11-22(20)25(5)12-17/h7-9,13,15-17,20,22H,6,10-12,14H2,1-5H3/t16-,17-,20-,22-/m1/s1. The van der Waals surface area contributed by atoms with Crippen LogP contribution >= 0.6 is 0 Å². The molecule has 0 amide bonds. The summed E-state index contributed by atoms with van der Waals surface area (Å²) >= 11 is 0. The van der Waals surface area contributed by atoms with Gasteiger partial charge in [0.05, 0.1) is 12.5 Å². The lowest BCUT2D eigenvalue weighted by atomic mass is 9.72. The summed E-state index contributed by atoms with van der Waals surface area (Å²) in [4.78, 5) is 14.6. The van der Waals surface area contributed by atoms with Crippen molar-refractivity contribution in [3.05, 3.63) is 35.5 Å². The second-order valence-electron chi connectivity index (χ2n) is 9.26. The first kappa shape index (κ1) is 19.5. The van der Waals surface area contributed by atoms with E-state index in [9.17, 15) is 4.79 Å². The number of likely N-dealkylation sites (tertiary alicyclic amines) is 1. The molecule has 2 aliphatic rings. The Morgan fingerprint density at radius 3 is 2.79 bits per heavy atom. The molecule has 0 radical (unpaired) electrons. The second kappa shape index (κ2) is 7.55. The summed E-state index contributed by atoms with van der Waals surface area (Å²) in [5.41, 5.74) is 4.36. The predicted octanol–water partition coefficient (Wildman–Crippen LogP) is 4.77. The van der Waals surface area contributed by atoms with Crippen LogP contribution in [0, 0.1) is 11.8 Å². The molecule has 0 unspecified atom stereocenters. The van der Waals surface area contributed by atoms with Crippen molar-refractivity contribution in [2.45, 2.75) is 65.0 Å². The molecule has 0 N–H and O–H groups in total. The van der Waals surface area contributed by atoms with E-state index in [1.165, 1.54) is 22.0 Å². The van der Waals surface area contributed by atoms with E-state index >= 15 is 0 Å². The molecule has 4 nitrogen and oxygen atoms in total. The maximum Gasteiger partial charge on any atom is 0.308 e. The summed E-state index contributed by atoms with van der Waals surface area (Å²) in [6.07, 6.45) is 5.44. The van der Waals surface area contributed by atoms with Gasteiger partial charge in [-0.1, -0.05) is 26.0 Å². The van der Waals surface area contributed by atoms with Gasteiger partial charge in [0.25, 0.3) is 0 Å². The van der Waals surface area contributed by atoms with Gasteiger partial charge in [-0.05, 0) is 57.4 Å². The largest absolute Gasteiger partial charge is 0.465 e. The molecule has 4 rings (SSSR count). The van der Waals surface area contributed by atoms with Gasteiger partial charge >= 0.3 is 5.97 Å². The smallest absolute Gasteiger partial charge is 0.308 e. The summed E-state index contributed by atoms with van der Waals surface area (Å²) in [5.74, 6) is 0.874. The number of aromatic nitrogens is 1. The molecule has 1 aromatic carbocycles. The Labute approximate surface area is 168 Å².